The standard InChI is InChI=1S/C25H34F3N3O/c1-3-4-17(2)5-6-19-15-22(13-14-30-19)32-21-10-7-18(8-11-21)31-20-9-12-24(29)23(16-20)25(26,27)28/h9,12-18,21,31H,3-8,10-11,29H2,1-2H3. The number of ether oxygens (including phenoxy) is 1. The number of pyridine rings is 1. The summed E-state index contributed by atoms with van der Waals surface area (Å²) in [6.07, 6.45) is 5.36. The average Bonchev–Trinajstić information content (AvgIpc) is 2.75. The zero-order valence-corrected chi connectivity index (χ0v) is 18.9. The van der Waals surface area contributed by atoms with Gasteiger partial charge in [-0.05, 0) is 68.7 Å². The molecule has 3 N–H and O–H groups in total. The maximum Gasteiger partial charge on any atom is 0.418 e. The molecule has 0 radical (unpaired) electrons. The number of hydrogen-bond donors (Lipinski definition) is 2. The molecule has 7 heteroatoms. The number of nitrogen functional groups attached to an aromatic ring is 1. The minimum Gasteiger partial charge on any atom is -0.490 e. The molecule has 1 atom stereocenters. The highest BCUT2D eigenvalue weighted by Gasteiger charge is 2.33. The summed E-state index contributed by atoms with van der Waals surface area (Å²) in [5, 5.41) is 3.23. The zero-order valence-electron chi connectivity index (χ0n) is 18.9. The molecule has 1 fully saturated rings. The zero-order chi connectivity index (χ0) is 23.1. The molecule has 1 aliphatic carbocycles. The van der Waals surface area contributed by atoms with Gasteiger partial charge in [0.2, 0.25) is 0 Å². The number of nitrogens with one attached hydrogen (secondary N) is 1. The van der Waals surface area contributed by atoms with Gasteiger partial charge in [0, 0.05) is 35.4 Å². The van der Waals surface area contributed by atoms with Crippen LogP contribution in [0.2, 0.25) is 0 Å². The van der Waals surface area contributed by atoms with Gasteiger partial charge in [0.1, 0.15) is 5.75 Å². The van der Waals surface area contributed by atoms with Crippen molar-refractivity contribution in [1.29, 1.82) is 0 Å². The summed E-state index contributed by atoms with van der Waals surface area (Å²) >= 11 is 0. The Kier molecular flexibility index (Phi) is 8.26. The maximum atomic E-state index is 13.1. The molecule has 1 aliphatic rings. The van der Waals surface area contributed by atoms with Gasteiger partial charge in [0.25, 0.3) is 0 Å². The number of anilines is 2. The van der Waals surface area contributed by atoms with Gasteiger partial charge in [-0.25, -0.2) is 0 Å². The lowest BCUT2D eigenvalue weighted by molar-refractivity contribution is -0.136. The lowest BCUT2D eigenvalue weighted by Crippen LogP contribution is -2.31. The van der Waals surface area contributed by atoms with Crippen LogP contribution in [0.4, 0.5) is 24.5 Å². The van der Waals surface area contributed by atoms with Gasteiger partial charge < -0.3 is 15.8 Å². The Morgan fingerprint density at radius 2 is 1.88 bits per heavy atom. The number of nitrogens with two attached hydrogens (primary N) is 1. The Balaban J connectivity index is 1.49. The molecule has 0 amide bonds. The van der Waals surface area contributed by atoms with E-state index in [9.17, 15) is 13.2 Å². The van der Waals surface area contributed by atoms with Crippen LogP contribution in [0.3, 0.4) is 0 Å². The lowest BCUT2D eigenvalue weighted by Gasteiger charge is -2.30. The van der Waals surface area contributed by atoms with E-state index in [1.807, 2.05) is 18.3 Å². The summed E-state index contributed by atoms with van der Waals surface area (Å²) in [4.78, 5) is 4.47. The quantitative estimate of drug-likeness (QED) is 0.411. The molecule has 1 unspecified atom stereocenters. The van der Waals surface area contributed by atoms with E-state index in [0.29, 0.717) is 11.6 Å². The van der Waals surface area contributed by atoms with Crippen molar-refractivity contribution in [3.8, 4) is 5.75 Å². The highest BCUT2D eigenvalue weighted by atomic mass is 19.4. The minimum atomic E-state index is -4.45. The molecule has 32 heavy (non-hydrogen) atoms. The average molecular weight is 450 g/mol. The molecular weight excluding hydrogens is 415 g/mol. The monoisotopic (exact) mass is 449 g/mol. The highest BCUT2D eigenvalue weighted by molar-refractivity contribution is 5.58. The molecule has 0 bridgehead atoms. The fraction of sp³-hybridized carbons (Fsp3) is 0.560. The van der Waals surface area contributed by atoms with Gasteiger partial charge in [0.15, 0.2) is 0 Å². The van der Waals surface area contributed by atoms with E-state index < -0.39 is 11.7 Å². The van der Waals surface area contributed by atoms with Crippen LogP contribution in [-0.4, -0.2) is 17.1 Å². The Bertz CT molecular complexity index is 864. The van der Waals surface area contributed by atoms with Crippen LogP contribution in [0.5, 0.6) is 5.75 Å². The molecule has 2 aromatic rings. The molecule has 1 aromatic carbocycles. The second-order valence-electron chi connectivity index (χ2n) is 8.95. The largest absolute Gasteiger partial charge is 0.490 e. The third-order valence-electron chi connectivity index (χ3n) is 6.17. The van der Waals surface area contributed by atoms with E-state index in [1.54, 1.807) is 6.07 Å². The van der Waals surface area contributed by atoms with Crippen molar-refractivity contribution in [1.82, 2.24) is 4.98 Å². The fourth-order valence-corrected chi connectivity index (χ4v) is 4.34. The number of halogens is 3. The first kappa shape index (κ1) is 24.2. The predicted molar refractivity (Wildman–Crippen MR) is 123 cm³/mol. The number of rotatable bonds is 9. The van der Waals surface area contributed by atoms with Gasteiger partial charge in [0.05, 0.1) is 11.7 Å². The van der Waals surface area contributed by atoms with Crippen LogP contribution >= 0.6 is 0 Å². The SMILES string of the molecule is CCCC(C)CCc1cc(OC2CCC(Nc3ccc(N)c(C(F)(F)F)c3)CC2)ccn1. The van der Waals surface area contributed by atoms with Crippen LogP contribution in [0.25, 0.3) is 0 Å². The molecule has 0 aliphatic heterocycles. The maximum absolute atomic E-state index is 13.1. The van der Waals surface area contributed by atoms with Crippen molar-refractivity contribution < 1.29 is 17.9 Å². The van der Waals surface area contributed by atoms with Crippen molar-refractivity contribution in [3.05, 3.63) is 47.8 Å². The number of aryl methyl sites for hydroxylation is 1. The number of benzene rings is 1. The van der Waals surface area contributed by atoms with Gasteiger partial charge in [-0.2, -0.15) is 13.2 Å². The normalized spacial score (nSPS) is 20.0. The van der Waals surface area contributed by atoms with Crippen LogP contribution in [-0.2, 0) is 12.6 Å². The summed E-state index contributed by atoms with van der Waals surface area (Å²) < 4.78 is 45.5. The van der Waals surface area contributed by atoms with Crippen LogP contribution in [0.1, 0.15) is 70.1 Å². The molecule has 4 nitrogen and oxygen atoms in total. The number of hydrogen-bond acceptors (Lipinski definition) is 4. The van der Waals surface area contributed by atoms with Gasteiger partial charge in [-0.1, -0.05) is 26.7 Å². The third kappa shape index (κ3) is 7.04. The van der Waals surface area contributed by atoms with E-state index in [2.05, 4.69) is 24.1 Å². The van der Waals surface area contributed by atoms with Crippen LogP contribution in [0, 0.1) is 5.92 Å². The summed E-state index contributed by atoms with van der Waals surface area (Å²) in [5.74, 6) is 1.55. The van der Waals surface area contributed by atoms with Gasteiger partial charge in [-0.15, -0.1) is 0 Å². The van der Waals surface area contributed by atoms with Crippen LogP contribution in [0.15, 0.2) is 36.5 Å². The Labute approximate surface area is 188 Å². The lowest BCUT2D eigenvalue weighted by atomic mass is 9.92. The van der Waals surface area contributed by atoms with E-state index in [4.69, 9.17) is 10.5 Å². The second-order valence-corrected chi connectivity index (χ2v) is 8.95. The molecular formula is C25H34F3N3O. The van der Waals surface area contributed by atoms with Crippen molar-refractivity contribution >= 4 is 11.4 Å². The summed E-state index contributed by atoms with van der Waals surface area (Å²) in [5.41, 5.74) is 5.95. The Hall–Kier alpha value is -2.44. The van der Waals surface area contributed by atoms with E-state index >= 15 is 0 Å². The first-order valence-electron chi connectivity index (χ1n) is 11.6. The summed E-state index contributed by atoms with van der Waals surface area (Å²) in [6, 6.07) is 8.06. The molecule has 1 aromatic heterocycles. The van der Waals surface area contributed by atoms with Crippen molar-refractivity contribution in [3.63, 3.8) is 0 Å². The number of aromatic nitrogens is 1. The molecule has 176 valence electrons. The number of nitrogens with zero attached hydrogens (tertiary/aromatic N) is 1. The second kappa shape index (κ2) is 10.9. The Morgan fingerprint density at radius 1 is 1.12 bits per heavy atom. The van der Waals surface area contributed by atoms with Gasteiger partial charge in [-0.3, -0.25) is 4.98 Å². The van der Waals surface area contributed by atoms with Crippen molar-refractivity contribution in [2.75, 3.05) is 11.1 Å². The van der Waals surface area contributed by atoms with E-state index in [1.165, 1.54) is 18.9 Å². The van der Waals surface area contributed by atoms with Crippen molar-refractivity contribution in [2.45, 2.75) is 83.5 Å². The first-order chi connectivity index (χ1) is 15.2. The summed E-state index contributed by atoms with van der Waals surface area (Å²) in [6.45, 7) is 4.49. The highest BCUT2D eigenvalue weighted by Crippen LogP contribution is 2.36. The van der Waals surface area contributed by atoms with E-state index in [-0.39, 0.29) is 17.8 Å². The van der Waals surface area contributed by atoms with E-state index in [0.717, 1.165) is 56.0 Å². The summed E-state index contributed by atoms with van der Waals surface area (Å²) in [7, 11) is 0. The van der Waals surface area contributed by atoms with Gasteiger partial charge >= 0.3 is 6.18 Å². The minimum absolute atomic E-state index is 0.111. The predicted octanol–water partition coefficient (Wildman–Crippen LogP) is 6.85. The topological polar surface area (TPSA) is 60.2 Å². The molecule has 1 heterocycles. The fourth-order valence-electron chi connectivity index (χ4n) is 4.34. The van der Waals surface area contributed by atoms with Crippen LogP contribution < -0.4 is 15.8 Å². The Morgan fingerprint density at radius 3 is 2.56 bits per heavy atom. The smallest absolute Gasteiger partial charge is 0.418 e. The molecule has 3 rings (SSSR count). The number of alkyl halides is 3. The van der Waals surface area contributed by atoms with Crippen molar-refractivity contribution in [2.24, 2.45) is 5.92 Å². The third-order valence-corrected chi connectivity index (χ3v) is 6.17. The first-order valence-corrected chi connectivity index (χ1v) is 11.6. The molecule has 1 saturated carbocycles. The molecule has 0 spiro atoms. The molecule has 0 saturated heterocycles.